The molecule has 6 heteroatoms. The number of hydrogen-bond donors (Lipinski definition) is 0. The predicted octanol–water partition coefficient (Wildman–Crippen LogP) is 1.36. The molecule has 0 N–H and O–H groups in total. The lowest BCUT2D eigenvalue weighted by Crippen LogP contribution is -2.43. The summed E-state index contributed by atoms with van der Waals surface area (Å²) >= 11 is 0. The summed E-state index contributed by atoms with van der Waals surface area (Å²) in [5.74, 6) is 0.555. The lowest BCUT2D eigenvalue weighted by molar-refractivity contribution is -0.137. The van der Waals surface area contributed by atoms with Gasteiger partial charge < -0.3 is 14.4 Å². The molecule has 0 unspecified atom stereocenters. The number of amides is 1. The zero-order valence-corrected chi connectivity index (χ0v) is 12.1. The minimum absolute atomic E-state index is 0.0341. The van der Waals surface area contributed by atoms with Crippen molar-refractivity contribution in [1.82, 2.24) is 9.88 Å². The number of likely N-dealkylation sites (tertiary alicyclic amines) is 1. The van der Waals surface area contributed by atoms with Crippen LogP contribution in [-0.4, -0.2) is 48.2 Å². The van der Waals surface area contributed by atoms with Gasteiger partial charge in [-0.3, -0.25) is 4.79 Å². The highest BCUT2D eigenvalue weighted by Gasteiger charge is 2.24. The molecule has 0 atom stereocenters. The van der Waals surface area contributed by atoms with Gasteiger partial charge in [0.1, 0.15) is 18.8 Å². The summed E-state index contributed by atoms with van der Waals surface area (Å²) in [5.41, 5.74) is 0.513. The van der Waals surface area contributed by atoms with Gasteiger partial charge in [-0.1, -0.05) is 0 Å². The normalized spacial score (nSPS) is 15.5. The van der Waals surface area contributed by atoms with Gasteiger partial charge in [0.25, 0.3) is 0 Å². The molecule has 2 rings (SSSR count). The first-order valence-corrected chi connectivity index (χ1v) is 7.11. The van der Waals surface area contributed by atoms with Crippen LogP contribution in [0.2, 0.25) is 0 Å². The second kappa shape index (κ2) is 7.60. The minimum Gasteiger partial charge on any atom is -0.474 e. The molecule has 1 aliphatic heterocycles. The lowest BCUT2D eigenvalue weighted by Gasteiger charge is -2.31. The van der Waals surface area contributed by atoms with Crippen molar-refractivity contribution in [3.63, 3.8) is 0 Å². The third-order valence-corrected chi connectivity index (χ3v) is 3.38. The van der Waals surface area contributed by atoms with E-state index in [9.17, 15) is 4.79 Å². The maximum atomic E-state index is 11.8. The fraction of sp³-hybridized carbons (Fsp3) is 0.533. The van der Waals surface area contributed by atoms with Gasteiger partial charge in [-0.25, -0.2) is 4.98 Å². The van der Waals surface area contributed by atoms with E-state index in [0.29, 0.717) is 31.1 Å². The summed E-state index contributed by atoms with van der Waals surface area (Å²) in [5, 5.41) is 8.71. The molecule has 1 fully saturated rings. The van der Waals surface area contributed by atoms with Crippen molar-refractivity contribution in [2.45, 2.75) is 25.9 Å². The van der Waals surface area contributed by atoms with Gasteiger partial charge >= 0.3 is 0 Å². The molecule has 1 aliphatic rings. The average molecular weight is 289 g/mol. The zero-order chi connectivity index (χ0) is 15.1. The van der Waals surface area contributed by atoms with Crippen molar-refractivity contribution in [3.05, 3.63) is 23.9 Å². The first-order valence-electron chi connectivity index (χ1n) is 7.11. The van der Waals surface area contributed by atoms with E-state index in [1.807, 2.05) is 17.9 Å². The van der Waals surface area contributed by atoms with Crippen LogP contribution in [0.5, 0.6) is 5.88 Å². The van der Waals surface area contributed by atoms with E-state index >= 15 is 0 Å². The summed E-state index contributed by atoms with van der Waals surface area (Å²) in [4.78, 5) is 17.7. The van der Waals surface area contributed by atoms with E-state index in [1.165, 1.54) is 6.20 Å². The topological polar surface area (TPSA) is 75.4 Å². The molecule has 1 aromatic heterocycles. The SMILES string of the molecule is CCOCC(=O)N1CCC(Oc2ccc(C#N)cn2)CC1. The summed E-state index contributed by atoms with van der Waals surface area (Å²) in [6, 6.07) is 5.40. The Labute approximate surface area is 124 Å². The summed E-state index contributed by atoms with van der Waals surface area (Å²) in [6.45, 7) is 3.92. The standard InChI is InChI=1S/C15H19N3O3/c1-2-20-11-15(19)18-7-5-13(6-8-18)21-14-4-3-12(9-16)10-17-14/h3-4,10,13H,2,5-8,11H2,1H3. The van der Waals surface area contributed by atoms with Crippen LogP contribution in [0.1, 0.15) is 25.3 Å². The second-order valence-corrected chi connectivity index (χ2v) is 4.83. The van der Waals surface area contributed by atoms with Crippen molar-refractivity contribution < 1.29 is 14.3 Å². The van der Waals surface area contributed by atoms with E-state index in [0.717, 1.165) is 12.8 Å². The number of nitriles is 1. The predicted molar refractivity (Wildman–Crippen MR) is 75.7 cm³/mol. The Bertz CT molecular complexity index is 502. The second-order valence-electron chi connectivity index (χ2n) is 4.83. The Morgan fingerprint density at radius 3 is 2.81 bits per heavy atom. The third-order valence-electron chi connectivity index (χ3n) is 3.38. The van der Waals surface area contributed by atoms with Crippen LogP contribution in [-0.2, 0) is 9.53 Å². The van der Waals surface area contributed by atoms with Crippen molar-refractivity contribution in [3.8, 4) is 11.9 Å². The molecule has 1 saturated heterocycles. The fourth-order valence-electron chi connectivity index (χ4n) is 2.19. The zero-order valence-electron chi connectivity index (χ0n) is 12.1. The quantitative estimate of drug-likeness (QED) is 0.818. The molecule has 1 amide bonds. The third kappa shape index (κ3) is 4.43. The molecule has 0 aromatic carbocycles. The number of pyridine rings is 1. The molecule has 6 nitrogen and oxygen atoms in total. The molecule has 0 bridgehead atoms. The Kier molecular flexibility index (Phi) is 5.52. The minimum atomic E-state index is 0.0341. The number of nitrogens with zero attached hydrogens (tertiary/aromatic N) is 3. The van der Waals surface area contributed by atoms with Crippen LogP contribution >= 0.6 is 0 Å². The number of carbonyl (C=O) groups excluding carboxylic acids is 1. The van der Waals surface area contributed by atoms with Gasteiger partial charge in [0, 0.05) is 44.8 Å². The van der Waals surface area contributed by atoms with Crippen LogP contribution in [0, 0.1) is 11.3 Å². The number of hydrogen-bond acceptors (Lipinski definition) is 5. The van der Waals surface area contributed by atoms with E-state index in [2.05, 4.69) is 4.98 Å². The maximum absolute atomic E-state index is 11.8. The molecular weight excluding hydrogens is 270 g/mol. The number of piperidine rings is 1. The first-order chi connectivity index (χ1) is 10.2. The van der Waals surface area contributed by atoms with Crippen molar-refractivity contribution in [2.24, 2.45) is 0 Å². The first kappa shape index (κ1) is 15.3. The smallest absolute Gasteiger partial charge is 0.248 e. The van der Waals surface area contributed by atoms with Crippen LogP contribution in [0.15, 0.2) is 18.3 Å². The monoisotopic (exact) mass is 289 g/mol. The number of ether oxygens (including phenoxy) is 2. The van der Waals surface area contributed by atoms with Crippen molar-refractivity contribution in [1.29, 1.82) is 5.26 Å². The highest BCUT2D eigenvalue weighted by molar-refractivity contribution is 5.77. The molecule has 0 aliphatic carbocycles. The Morgan fingerprint density at radius 1 is 1.48 bits per heavy atom. The van der Waals surface area contributed by atoms with Gasteiger partial charge in [0.05, 0.1) is 5.56 Å². The van der Waals surface area contributed by atoms with E-state index in [-0.39, 0.29) is 18.6 Å². The van der Waals surface area contributed by atoms with Gasteiger partial charge in [0.2, 0.25) is 11.8 Å². The number of aromatic nitrogens is 1. The molecule has 0 spiro atoms. The van der Waals surface area contributed by atoms with Gasteiger partial charge in [0.15, 0.2) is 0 Å². The van der Waals surface area contributed by atoms with Crippen LogP contribution in [0.4, 0.5) is 0 Å². The molecule has 2 heterocycles. The highest BCUT2D eigenvalue weighted by Crippen LogP contribution is 2.17. The summed E-state index contributed by atoms with van der Waals surface area (Å²) < 4.78 is 10.9. The van der Waals surface area contributed by atoms with Crippen molar-refractivity contribution >= 4 is 5.91 Å². The highest BCUT2D eigenvalue weighted by atomic mass is 16.5. The Morgan fingerprint density at radius 2 is 2.24 bits per heavy atom. The van der Waals surface area contributed by atoms with Crippen LogP contribution in [0.3, 0.4) is 0 Å². The van der Waals surface area contributed by atoms with Crippen LogP contribution in [0.25, 0.3) is 0 Å². The van der Waals surface area contributed by atoms with E-state index in [1.54, 1.807) is 12.1 Å². The van der Waals surface area contributed by atoms with Gasteiger partial charge in [-0.15, -0.1) is 0 Å². The van der Waals surface area contributed by atoms with Crippen LogP contribution < -0.4 is 4.74 Å². The van der Waals surface area contributed by atoms with Gasteiger partial charge in [-0.05, 0) is 13.0 Å². The van der Waals surface area contributed by atoms with Gasteiger partial charge in [-0.2, -0.15) is 5.26 Å². The number of carbonyl (C=O) groups is 1. The molecule has 112 valence electrons. The fourth-order valence-corrected chi connectivity index (χ4v) is 2.19. The van der Waals surface area contributed by atoms with E-state index < -0.39 is 0 Å². The molecule has 0 radical (unpaired) electrons. The molecule has 1 aromatic rings. The van der Waals surface area contributed by atoms with E-state index in [4.69, 9.17) is 14.7 Å². The lowest BCUT2D eigenvalue weighted by atomic mass is 10.1. The summed E-state index contributed by atoms with van der Waals surface area (Å²) in [7, 11) is 0. The molecular formula is C15H19N3O3. The molecule has 0 saturated carbocycles. The largest absolute Gasteiger partial charge is 0.474 e. The molecule has 21 heavy (non-hydrogen) atoms. The Balaban J connectivity index is 1.78. The van der Waals surface area contributed by atoms with Crippen molar-refractivity contribution in [2.75, 3.05) is 26.3 Å². The average Bonchev–Trinajstić information content (AvgIpc) is 2.54. The maximum Gasteiger partial charge on any atom is 0.248 e. The Hall–Kier alpha value is -2.13. The number of rotatable bonds is 5. The summed E-state index contributed by atoms with van der Waals surface area (Å²) in [6.07, 6.45) is 3.11.